The maximum Gasteiger partial charge on any atom is 0.186 e. The lowest BCUT2D eigenvalue weighted by atomic mass is 9.89. The van der Waals surface area contributed by atoms with Crippen LogP contribution >= 0.6 is 11.5 Å². The van der Waals surface area contributed by atoms with Gasteiger partial charge in [0.25, 0.3) is 0 Å². The lowest BCUT2D eigenvalue weighted by Crippen LogP contribution is -2.19. The Bertz CT molecular complexity index is 369. The van der Waals surface area contributed by atoms with E-state index in [-0.39, 0.29) is 11.5 Å². The van der Waals surface area contributed by atoms with Gasteiger partial charge in [-0.3, -0.25) is 4.79 Å². The highest BCUT2D eigenvalue weighted by Crippen LogP contribution is 2.23. The zero-order valence-corrected chi connectivity index (χ0v) is 8.47. The van der Waals surface area contributed by atoms with E-state index in [2.05, 4.69) is 9.59 Å². The van der Waals surface area contributed by atoms with Crippen LogP contribution in [-0.4, -0.2) is 15.4 Å². The van der Waals surface area contributed by atoms with Gasteiger partial charge in [0.2, 0.25) is 0 Å². The van der Waals surface area contributed by atoms with Crippen molar-refractivity contribution in [3.63, 3.8) is 0 Å². The SMILES string of the molecule is CC(C)(C)C(=O)c1snnc1C#N. The number of nitriles is 1. The molecule has 0 radical (unpaired) electrons. The standard InChI is InChI=1S/C8H9N3OS/c1-8(2,3)7(12)6-5(4-9)10-11-13-6/h1-3H3. The molecule has 5 heteroatoms. The molecule has 0 amide bonds. The first-order chi connectivity index (χ1) is 5.96. The molecule has 1 rings (SSSR count). The molecule has 0 aliphatic carbocycles. The molecule has 0 aromatic carbocycles. The number of ketones is 1. The lowest BCUT2D eigenvalue weighted by molar-refractivity contribution is 0.0862. The summed E-state index contributed by atoms with van der Waals surface area (Å²) in [6.45, 7) is 5.41. The van der Waals surface area contributed by atoms with E-state index in [1.807, 2.05) is 6.07 Å². The summed E-state index contributed by atoms with van der Waals surface area (Å²) in [5, 5.41) is 12.2. The van der Waals surface area contributed by atoms with Crippen LogP contribution in [0, 0.1) is 16.7 Å². The molecule has 68 valence electrons. The van der Waals surface area contributed by atoms with Gasteiger partial charge in [0.05, 0.1) is 0 Å². The Morgan fingerprint density at radius 3 is 2.62 bits per heavy atom. The number of rotatable bonds is 1. The highest BCUT2D eigenvalue weighted by Gasteiger charge is 2.27. The Morgan fingerprint density at radius 2 is 2.15 bits per heavy atom. The van der Waals surface area contributed by atoms with Crippen molar-refractivity contribution in [1.82, 2.24) is 9.59 Å². The van der Waals surface area contributed by atoms with Crippen LogP contribution in [0.4, 0.5) is 0 Å². The van der Waals surface area contributed by atoms with Gasteiger partial charge in [0.1, 0.15) is 10.9 Å². The number of carbonyl (C=O) groups is 1. The predicted molar refractivity (Wildman–Crippen MR) is 48.4 cm³/mol. The second-order valence-electron chi connectivity index (χ2n) is 3.64. The maximum atomic E-state index is 11.7. The fourth-order valence-corrected chi connectivity index (χ4v) is 1.52. The van der Waals surface area contributed by atoms with Gasteiger partial charge in [-0.05, 0) is 11.5 Å². The van der Waals surface area contributed by atoms with Gasteiger partial charge < -0.3 is 0 Å². The molecular formula is C8H9N3OS. The maximum absolute atomic E-state index is 11.7. The molecule has 0 saturated carbocycles. The first-order valence-corrected chi connectivity index (χ1v) is 4.51. The summed E-state index contributed by atoms with van der Waals surface area (Å²) in [6, 6.07) is 1.84. The van der Waals surface area contributed by atoms with Crippen LogP contribution in [0.1, 0.15) is 36.1 Å². The molecule has 0 saturated heterocycles. The van der Waals surface area contributed by atoms with E-state index in [4.69, 9.17) is 5.26 Å². The molecule has 0 fully saturated rings. The van der Waals surface area contributed by atoms with Crippen molar-refractivity contribution in [2.45, 2.75) is 20.8 Å². The predicted octanol–water partition coefficient (Wildman–Crippen LogP) is 1.64. The molecule has 1 aromatic rings. The molecule has 13 heavy (non-hydrogen) atoms. The number of carbonyl (C=O) groups excluding carboxylic acids is 1. The second kappa shape index (κ2) is 3.23. The van der Waals surface area contributed by atoms with E-state index >= 15 is 0 Å². The van der Waals surface area contributed by atoms with Crippen molar-refractivity contribution in [3.8, 4) is 6.07 Å². The fourth-order valence-electron chi connectivity index (χ4n) is 0.753. The molecule has 1 heterocycles. The van der Waals surface area contributed by atoms with Gasteiger partial charge in [-0.1, -0.05) is 25.3 Å². The van der Waals surface area contributed by atoms with Crippen molar-refractivity contribution in [2.75, 3.05) is 0 Å². The van der Waals surface area contributed by atoms with E-state index in [1.165, 1.54) is 0 Å². The average Bonchev–Trinajstić information content (AvgIpc) is 2.48. The Labute approximate surface area is 80.4 Å². The Hall–Kier alpha value is -1.28. The van der Waals surface area contributed by atoms with E-state index in [1.54, 1.807) is 20.8 Å². The van der Waals surface area contributed by atoms with Crippen molar-refractivity contribution < 1.29 is 4.79 Å². The molecule has 0 aliphatic rings. The van der Waals surface area contributed by atoms with Gasteiger partial charge in [-0.25, -0.2) is 0 Å². The van der Waals surface area contributed by atoms with Crippen molar-refractivity contribution in [3.05, 3.63) is 10.6 Å². The highest BCUT2D eigenvalue weighted by atomic mass is 32.1. The van der Waals surface area contributed by atoms with Crippen LogP contribution in [0.5, 0.6) is 0 Å². The summed E-state index contributed by atoms with van der Waals surface area (Å²) in [7, 11) is 0. The third-order valence-corrected chi connectivity index (χ3v) is 2.21. The lowest BCUT2D eigenvalue weighted by Gasteiger charge is -2.14. The van der Waals surface area contributed by atoms with Gasteiger partial charge in [0, 0.05) is 5.41 Å². The summed E-state index contributed by atoms with van der Waals surface area (Å²) in [5.74, 6) is -0.0842. The summed E-state index contributed by atoms with van der Waals surface area (Å²) in [4.78, 5) is 12.0. The van der Waals surface area contributed by atoms with E-state index in [0.717, 1.165) is 11.5 Å². The largest absolute Gasteiger partial charge is 0.293 e. The van der Waals surface area contributed by atoms with Crippen molar-refractivity contribution in [2.24, 2.45) is 5.41 Å². The molecule has 0 spiro atoms. The van der Waals surface area contributed by atoms with Crippen LogP contribution in [0.25, 0.3) is 0 Å². The summed E-state index contributed by atoms with van der Waals surface area (Å²) < 4.78 is 3.58. The Balaban J connectivity index is 3.11. The minimum Gasteiger partial charge on any atom is -0.293 e. The van der Waals surface area contributed by atoms with Crippen molar-refractivity contribution in [1.29, 1.82) is 5.26 Å². The van der Waals surface area contributed by atoms with Crippen molar-refractivity contribution >= 4 is 17.3 Å². The highest BCUT2D eigenvalue weighted by molar-refractivity contribution is 7.08. The molecule has 0 bridgehead atoms. The second-order valence-corrected chi connectivity index (χ2v) is 4.40. The van der Waals surface area contributed by atoms with E-state index in [0.29, 0.717) is 4.88 Å². The minimum atomic E-state index is -0.486. The number of hydrogen-bond donors (Lipinski definition) is 0. The number of aromatic nitrogens is 2. The number of Topliss-reactive ketones (excluding diaryl/α,β-unsaturated/α-hetero) is 1. The summed E-state index contributed by atoms with van der Waals surface area (Å²) in [5.41, 5.74) is -0.357. The smallest absolute Gasteiger partial charge is 0.186 e. The molecule has 0 unspecified atom stereocenters. The van der Waals surface area contributed by atoms with Crippen LogP contribution < -0.4 is 0 Å². The monoisotopic (exact) mass is 195 g/mol. The minimum absolute atomic E-state index is 0.0842. The molecule has 0 N–H and O–H groups in total. The number of hydrogen-bond acceptors (Lipinski definition) is 5. The van der Waals surface area contributed by atoms with E-state index < -0.39 is 5.41 Å². The third-order valence-electron chi connectivity index (χ3n) is 1.48. The quantitative estimate of drug-likeness (QED) is 0.639. The molecule has 1 aromatic heterocycles. The Morgan fingerprint density at radius 1 is 1.54 bits per heavy atom. The van der Waals surface area contributed by atoms with Gasteiger partial charge in [-0.15, -0.1) is 5.10 Å². The first-order valence-electron chi connectivity index (χ1n) is 3.74. The van der Waals surface area contributed by atoms with Crippen LogP contribution in [0.15, 0.2) is 0 Å². The van der Waals surface area contributed by atoms with Gasteiger partial charge in [0.15, 0.2) is 11.5 Å². The average molecular weight is 195 g/mol. The van der Waals surface area contributed by atoms with Crippen LogP contribution in [0.2, 0.25) is 0 Å². The molecule has 0 atom stereocenters. The third kappa shape index (κ3) is 1.90. The Kier molecular flexibility index (Phi) is 2.43. The molecule has 4 nitrogen and oxygen atoms in total. The first kappa shape index (κ1) is 9.81. The number of nitrogens with zero attached hydrogens (tertiary/aromatic N) is 3. The fraction of sp³-hybridized carbons (Fsp3) is 0.500. The zero-order valence-electron chi connectivity index (χ0n) is 7.66. The van der Waals surface area contributed by atoms with Gasteiger partial charge in [-0.2, -0.15) is 5.26 Å². The van der Waals surface area contributed by atoms with Gasteiger partial charge >= 0.3 is 0 Å². The molecule has 0 aliphatic heterocycles. The van der Waals surface area contributed by atoms with Crippen LogP contribution in [-0.2, 0) is 0 Å². The van der Waals surface area contributed by atoms with Crippen LogP contribution in [0.3, 0.4) is 0 Å². The normalized spacial score (nSPS) is 10.9. The molecular weight excluding hydrogens is 186 g/mol. The topological polar surface area (TPSA) is 66.6 Å². The zero-order chi connectivity index (χ0) is 10.1. The van der Waals surface area contributed by atoms with E-state index in [9.17, 15) is 4.79 Å². The summed E-state index contributed by atoms with van der Waals surface area (Å²) >= 11 is 0.976. The summed E-state index contributed by atoms with van der Waals surface area (Å²) in [6.07, 6.45) is 0.